The van der Waals surface area contributed by atoms with E-state index in [2.05, 4.69) is 15.6 Å². The first-order chi connectivity index (χ1) is 21.4. The molecular formula is C31H35BF3N5O5. The van der Waals surface area contributed by atoms with Gasteiger partial charge in [0.15, 0.2) is 0 Å². The van der Waals surface area contributed by atoms with Crippen LogP contribution in [-0.2, 0) is 26.9 Å². The van der Waals surface area contributed by atoms with Crippen molar-refractivity contribution in [3.63, 3.8) is 0 Å². The summed E-state index contributed by atoms with van der Waals surface area (Å²) in [4.78, 5) is 18.9. The number of alkyl halides is 3. The van der Waals surface area contributed by atoms with Gasteiger partial charge in [-0.15, -0.1) is 0 Å². The molecule has 0 aliphatic carbocycles. The quantitative estimate of drug-likeness (QED) is 0.207. The van der Waals surface area contributed by atoms with Crippen LogP contribution in [0, 0.1) is 11.5 Å². The fraction of sp³-hybridized carbons (Fsp3) is 0.419. The van der Waals surface area contributed by atoms with Crippen LogP contribution < -0.4 is 15.4 Å². The molecule has 14 heteroatoms. The van der Waals surface area contributed by atoms with Crippen LogP contribution in [0.15, 0.2) is 59.6 Å². The number of hydrogen-bond acceptors (Lipinski definition) is 9. The number of nitrogens with zero attached hydrogens (tertiary/aromatic N) is 3. The Morgan fingerprint density at radius 2 is 1.96 bits per heavy atom. The molecule has 1 saturated heterocycles. The molecule has 1 atom stereocenters. The molecule has 1 amide bonds. The SMILES string of the molecule is CC(C)(C)OC(=O)NC(=BOC#N)N1CCCC1C1=NCC=C(c2ccc(OCCOCc3ccccc3)c(C(F)(F)F)c2)N1. The number of aliphatic imine (C=N–C) groups is 1. The van der Waals surface area contributed by atoms with E-state index >= 15 is 0 Å². The number of carbonyl (C=O) groups is 1. The fourth-order valence-corrected chi connectivity index (χ4v) is 4.86. The van der Waals surface area contributed by atoms with E-state index in [4.69, 9.17) is 24.1 Å². The summed E-state index contributed by atoms with van der Waals surface area (Å²) in [7, 11) is 1.11. The van der Waals surface area contributed by atoms with E-state index < -0.39 is 23.4 Å². The summed E-state index contributed by atoms with van der Waals surface area (Å²) in [5, 5.41) is 14.8. The molecule has 2 aromatic rings. The summed E-state index contributed by atoms with van der Waals surface area (Å²) < 4.78 is 63.5. The van der Waals surface area contributed by atoms with Crippen molar-refractivity contribution >= 4 is 30.5 Å². The Bertz CT molecular complexity index is 1470. The van der Waals surface area contributed by atoms with Crippen LogP contribution in [0.5, 0.6) is 5.75 Å². The minimum atomic E-state index is -4.65. The monoisotopic (exact) mass is 625 g/mol. The number of halogens is 3. The molecule has 1 unspecified atom stereocenters. The van der Waals surface area contributed by atoms with E-state index in [1.807, 2.05) is 30.3 Å². The molecule has 2 N–H and O–H groups in total. The van der Waals surface area contributed by atoms with Gasteiger partial charge in [-0.3, -0.25) is 0 Å². The number of amides is 1. The number of benzene rings is 2. The van der Waals surface area contributed by atoms with Gasteiger partial charge in [0.2, 0.25) is 0 Å². The topological polar surface area (TPSA) is 117 Å². The summed E-state index contributed by atoms with van der Waals surface area (Å²) in [5.74, 6) is 0.214. The summed E-state index contributed by atoms with van der Waals surface area (Å²) in [5.41, 5.74) is 0.254. The van der Waals surface area contributed by atoms with Crippen molar-refractivity contribution in [1.29, 1.82) is 5.26 Å². The van der Waals surface area contributed by atoms with E-state index in [1.54, 1.807) is 44.1 Å². The normalized spacial score (nSPS) is 16.9. The number of carbonyl (C=O) groups excluding carboxylic acids is 1. The second-order valence-corrected chi connectivity index (χ2v) is 11.3. The zero-order valence-electron chi connectivity index (χ0n) is 25.3. The van der Waals surface area contributed by atoms with Gasteiger partial charge in [-0.2, -0.15) is 0 Å². The molecule has 4 rings (SSSR count). The Kier molecular flexibility index (Phi) is 11.1. The number of amidine groups is 1. The van der Waals surface area contributed by atoms with Gasteiger partial charge in [0.25, 0.3) is 0 Å². The van der Waals surface area contributed by atoms with Crippen LogP contribution in [-0.4, -0.2) is 67.6 Å². The third-order valence-corrected chi connectivity index (χ3v) is 6.74. The second-order valence-electron chi connectivity index (χ2n) is 11.3. The minimum absolute atomic E-state index is 0.0484. The standard InChI is InChI=1S/C31H35BF3N5O5/c1-30(2,3)45-29(41)39-28(32-44-20-36)40-15-7-10-25(40)27-37-14-13-24(38-27)22-11-12-26(23(18-22)31(33,34)35)43-17-16-42-19-21-8-5-4-6-9-21/h4-6,8-9,11-13,18,25H,7,10,14-17,19H2,1-3H3,(H,37,38)(H,39,41). The van der Waals surface area contributed by atoms with Gasteiger partial charge < -0.3 is 4.74 Å². The second kappa shape index (κ2) is 15.0. The van der Waals surface area contributed by atoms with Crippen molar-refractivity contribution in [1.82, 2.24) is 15.5 Å². The molecule has 238 valence electrons. The van der Waals surface area contributed by atoms with E-state index in [9.17, 15) is 18.0 Å². The molecule has 0 aromatic heterocycles. The molecule has 2 heterocycles. The van der Waals surface area contributed by atoms with Gasteiger partial charge in [-0.05, 0) is 5.56 Å². The van der Waals surface area contributed by atoms with Gasteiger partial charge in [-0.1, -0.05) is 30.3 Å². The Morgan fingerprint density at radius 3 is 2.67 bits per heavy atom. The molecule has 0 saturated carbocycles. The maximum atomic E-state index is 14.1. The van der Waals surface area contributed by atoms with Crippen LogP contribution in [0.1, 0.15) is 50.3 Å². The summed E-state index contributed by atoms with van der Waals surface area (Å²) in [6.07, 6.45) is -0.776. The molecule has 1 fully saturated rings. The average Bonchev–Trinajstić information content (AvgIpc) is 3.48. The first-order valence-electron chi connectivity index (χ1n) is 14.4. The molecule has 0 bridgehead atoms. The summed E-state index contributed by atoms with van der Waals surface area (Å²) >= 11 is 0. The van der Waals surface area contributed by atoms with Gasteiger partial charge in [0.05, 0.1) is 13.2 Å². The number of hydrogen-bond donors (Lipinski definition) is 2. The zero-order valence-corrected chi connectivity index (χ0v) is 25.3. The maximum absolute atomic E-state index is 14.1. The molecule has 10 nitrogen and oxygen atoms in total. The molecule has 0 spiro atoms. The molecule has 0 radical (unpaired) electrons. The number of nitrogens with one attached hydrogen (secondary N) is 2. The Balaban J connectivity index is 1.44. The van der Waals surface area contributed by atoms with Crippen LogP contribution in [0.4, 0.5) is 18.0 Å². The van der Waals surface area contributed by atoms with Crippen molar-refractivity contribution in [3.8, 4) is 12.0 Å². The number of nitriles is 1. The first-order valence-corrected chi connectivity index (χ1v) is 14.4. The predicted octanol–water partition coefficient (Wildman–Crippen LogP) is 4.84. The van der Waals surface area contributed by atoms with E-state index in [-0.39, 0.29) is 37.3 Å². The van der Waals surface area contributed by atoms with Crippen molar-refractivity contribution in [2.45, 2.75) is 58.0 Å². The van der Waals surface area contributed by atoms with E-state index in [0.29, 0.717) is 36.7 Å². The first kappa shape index (κ1) is 33.4. The van der Waals surface area contributed by atoms with E-state index in [1.165, 1.54) is 6.07 Å². The molecule has 2 aromatic carbocycles. The summed E-state index contributed by atoms with van der Waals surface area (Å²) in [6.45, 7) is 6.30. The molecule has 2 aliphatic heterocycles. The number of alkyl carbamates (subject to hydrolysis) is 1. The zero-order chi connectivity index (χ0) is 32.5. The number of likely N-dealkylation sites (tertiary alicyclic amines) is 1. The van der Waals surface area contributed by atoms with Crippen molar-refractivity contribution in [3.05, 3.63) is 71.3 Å². The number of rotatable bonds is 11. The molecular weight excluding hydrogens is 590 g/mol. The summed E-state index contributed by atoms with van der Waals surface area (Å²) in [6, 6.07) is 13.0. The fourth-order valence-electron chi connectivity index (χ4n) is 4.86. The third-order valence-electron chi connectivity index (χ3n) is 6.74. The van der Waals surface area contributed by atoms with Crippen LogP contribution in [0.2, 0.25) is 0 Å². The molecule has 2 aliphatic rings. The Morgan fingerprint density at radius 1 is 1.18 bits per heavy atom. The Labute approximate surface area is 260 Å². The number of ether oxygens (including phenoxy) is 3. The van der Waals surface area contributed by atoms with Gasteiger partial charge in [0, 0.05) is 0 Å². The van der Waals surface area contributed by atoms with E-state index in [0.717, 1.165) is 25.2 Å². The molecule has 45 heavy (non-hydrogen) atoms. The van der Waals surface area contributed by atoms with Crippen molar-refractivity contribution in [2.24, 2.45) is 4.99 Å². The third kappa shape index (κ3) is 9.74. The van der Waals surface area contributed by atoms with Crippen LogP contribution in [0.3, 0.4) is 0 Å². The van der Waals surface area contributed by atoms with Crippen molar-refractivity contribution in [2.75, 3.05) is 26.3 Å². The Hall–Kier alpha value is -4.51. The van der Waals surface area contributed by atoms with Gasteiger partial charge in [-0.25, -0.2) is 0 Å². The van der Waals surface area contributed by atoms with Crippen LogP contribution >= 0.6 is 0 Å². The average molecular weight is 625 g/mol. The van der Waals surface area contributed by atoms with Crippen molar-refractivity contribution < 1.29 is 36.8 Å². The van der Waals surface area contributed by atoms with Gasteiger partial charge >= 0.3 is 207 Å². The predicted molar refractivity (Wildman–Crippen MR) is 163 cm³/mol. The van der Waals surface area contributed by atoms with Crippen LogP contribution in [0.25, 0.3) is 5.70 Å². The van der Waals surface area contributed by atoms with Gasteiger partial charge in [0.1, 0.15) is 0 Å².